The van der Waals surface area contributed by atoms with Crippen LogP contribution in [0, 0.1) is 0 Å². The van der Waals surface area contributed by atoms with Crippen LogP contribution in [0.15, 0.2) is 18.2 Å². The van der Waals surface area contributed by atoms with Crippen LogP contribution in [-0.2, 0) is 20.8 Å². The van der Waals surface area contributed by atoms with Crippen LogP contribution in [0.25, 0.3) is 0 Å². The van der Waals surface area contributed by atoms with Crippen LogP contribution in [0.2, 0.25) is 0 Å². The molecule has 0 spiro atoms. The number of rotatable bonds is 6. The average Bonchev–Trinajstić information content (AvgIpc) is 2.66. The average molecular weight is 349 g/mol. The highest BCUT2D eigenvalue weighted by Gasteiger charge is 2.22. The Morgan fingerprint density at radius 1 is 1.24 bits per heavy atom. The monoisotopic (exact) mass is 349 g/mol. The molecule has 2 atom stereocenters. The highest BCUT2D eigenvalue weighted by molar-refractivity contribution is 5.80. The summed E-state index contributed by atoms with van der Waals surface area (Å²) in [4.78, 5) is 14.2. The largest absolute Gasteiger partial charge is 0.486 e. The molecule has 1 aromatic carbocycles. The lowest BCUT2D eigenvalue weighted by molar-refractivity contribution is -0.145. The zero-order chi connectivity index (χ0) is 17.6. The molecule has 6 nitrogen and oxygen atoms in total. The van der Waals surface area contributed by atoms with Gasteiger partial charge >= 0.3 is 0 Å². The number of carbonyl (C=O) groups excluding carboxylic acids is 1. The highest BCUT2D eigenvalue weighted by Crippen LogP contribution is 2.31. The fourth-order valence-electron chi connectivity index (χ4n) is 3.11. The van der Waals surface area contributed by atoms with Gasteiger partial charge in [0.25, 0.3) is 5.91 Å². The summed E-state index contributed by atoms with van der Waals surface area (Å²) in [6.45, 7) is 4.70. The van der Waals surface area contributed by atoms with Crippen molar-refractivity contribution in [3.63, 3.8) is 0 Å². The molecule has 0 radical (unpaired) electrons. The van der Waals surface area contributed by atoms with Crippen molar-refractivity contribution in [3.8, 4) is 11.5 Å². The lowest BCUT2D eigenvalue weighted by Gasteiger charge is -2.26. The quantitative estimate of drug-likeness (QED) is 0.789. The number of benzene rings is 1. The minimum absolute atomic E-state index is 0.0364. The second-order valence-corrected chi connectivity index (χ2v) is 6.64. The minimum atomic E-state index is -0.479. The van der Waals surface area contributed by atoms with Crippen LogP contribution in [0.3, 0.4) is 0 Å². The summed E-state index contributed by atoms with van der Waals surface area (Å²) in [5, 5.41) is 0. The van der Waals surface area contributed by atoms with E-state index in [4.69, 9.17) is 18.9 Å². The van der Waals surface area contributed by atoms with Crippen molar-refractivity contribution in [1.82, 2.24) is 4.90 Å². The fraction of sp³-hybridized carbons (Fsp3) is 0.632. The molecule has 138 valence electrons. The summed E-state index contributed by atoms with van der Waals surface area (Å²) in [6.07, 6.45) is 2.93. The van der Waals surface area contributed by atoms with Gasteiger partial charge in [0.1, 0.15) is 19.3 Å². The van der Waals surface area contributed by atoms with Gasteiger partial charge in [-0.25, -0.2) is 0 Å². The van der Waals surface area contributed by atoms with Crippen LogP contribution in [0.5, 0.6) is 11.5 Å². The van der Waals surface area contributed by atoms with Gasteiger partial charge in [-0.05, 0) is 43.9 Å². The molecular weight excluding hydrogens is 322 g/mol. The molecule has 2 aliphatic heterocycles. The van der Waals surface area contributed by atoms with Gasteiger partial charge in [-0.15, -0.1) is 0 Å². The van der Waals surface area contributed by atoms with Crippen LogP contribution < -0.4 is 9.47 Å². The van der Waals surface area contributed by atoms with E-state index in [1.807, 2.05) is 18.2 Å². The number of ether oxygens (including phenoxy) is 4. The van der Waals surface area contributed by atoms with E-state index in [-0.39, 0.29) is 12.0 Å². The third-order valence-electron chi connectivity index (χ3n) is 4.56. The van der Waals surface area contributed by atoms with E-state index in [1.165, 1.54) is 6.42 Å². The van der Waals surface area contributed by atoms with E-state index < -0.39 is 6.10 Å². The SMILES string of the molecule is C[C@H](OC[C@@H]1CCCCO1)C(=O)N(C)Cc1ccc2c(c1)OCCO2. The Morgan fingerprint density at radius 3 is 2.80 bits per heavy atom. The molecule has 0 N–H and O–H groups in total. The van der Waals surface area contributed by atoms with Crippen LogP contribution in [0.1, 0.15) is 31.7 Å². The second-order valence-electron chi connectivity index (χ2n) is 6.64. The first-order chi connectivity index (χ1) is 12.1. The molecule has 1 fully saturated rings. The molecule has 0 unspecified atom stereocenters. The Balaban J connectivity index is 1.49. The zero-order valence-electron chi connectivity index (χ0n) is 15.0. The zero-order valence-corrected chi connectivity index (χ0v) is 15.0. The summed E-state index contributed by atoms with van der Waals surface area (Å²) in [6, 6.07) is 5.78. The standard InChI is InChI=1S/C19H27NO5/c1-14(25-13-16-5-3-4-8-22-16)19(21)20(2)12-15-6-7-17-18(11-15)24-10-9-23-17/h6-7,11,14,16H,3-5,8-10,12-13H2,1-2H3/t14-,16-/m0/s1. The normalized spacial score (nSPS) is 20.8. The van der Waals surface area contributed by atoms with Crippen LogP contribution in [0.4, 0.5) is 0 Å². The number of carbonyl (C=O) groups is 1. The van der Waals surface area contributed by atoms with Gasteiger partial charge < -0.3 is 23.8 Å². The molecule has 1 amide bonds. The first-order valence-corrected chi connectivity index (χ1v) is 9.00. The molecule has 0 saturated carbocycles. The molecule has 6 heteroatoms. The van der Waals surface area contributed by atoms with Gasteiger partial charge in [-0.3, -0.25) is 4.79 Å². The lowest BCUT2D eigenvalue weighted by Crippen LogP contribution is -2.38. The molecule has 0 aromatic heterocycles. The van der Waals surface area contributed by atoms with Gasteiger partial charge in [0.2, 0.25) is 0 Å². The van der Waals surface area contributed by atoms with Crippen molar-refractivity contribution in [2.45, 2.75) is 44.9 Å². The number of likely N-dealkylation sites (N-methyl/N-ethyl adjacent to an activating group) is 1. The predicted octanol–water partition coefficient (Wildman–Crippen LogP) is 2.39. The smallest absolute Gasteiger partial charge is 0.251 e. The molecule has 3 rings (SSSR count). The summed E-state index contributed by atoms with van der Waals surface area (Å²) < 4.78 is 22.5. The minimum Gasteiger partial charge on any atom is -0.486 e. The Hall–Kier alpha value is -1.79. The van der Waals surface area contributed by atoms with Gasteiger partial charge in [0.05, 0.1) is 12.7 Å². The van der Waals surface area contributed by atoms with Gasteiger partial charge in [0, 0.05) is 20.2 Å². The fourth-order valence-corrected chi connectivity index (χ4v) is 3.11. The van der Waals surface area contributed by atoms with Crippen molar-refractivity contribution in [1.29, 1.82) is 0 Å². The van der Waals surface area contributed by atoms with Crippen LogP contribution in [-0.4, -0.2) is 56.5 Å². The Morgan fingerprint density at radius 2 is 2.04 bits per heavy atom. The second kappa shape index (κ2) is 8.54. The maximum Gasteiger partial charge on any atom is 0.251 e. The first-order valence-electron chi connectivity index (χ1n) is 9.00. The molecule has 0 bridgehead atoms. The molecule has 2 heterocycles. The molecule has 2 aliphatic rings. The van der Waals surface area contributed by atoms with Crippen molar-refractivity contribution in [2.24, 2.45) is 0 Å². The van der Waals surface area contributed by atoms with E-state index >= 15 is 0 Å². The number of amides is 1. The van der Waals surface area contributed by atoms with Crippen molar-refractivity contribution >= 4 is 5.91 Å². The summed E-state index contributed by atoms with van der Waals surface area (Å²) in [5.41, 5.74) is 1.00. The third kappa shape index (κ3) is 4.86. The third-order valence-corrected chi connectivity index (χ3v) is 4.56. The Labute approximate surface area is 149 Å². The van der Waals surface area contributed by atoms with E-state index in [2.05, 4.69) is 0 Å². The number of fused-ring (bicyclic) bond motifs is 1. The molecular formula is C19H27NO5. The van der Waals surface area contributed by atoms with Crippen molar-refractivity contribution in [2.75, 3.05) is 33.5 Å². The van der Waals surface area contributed by atoms with Crippen molar-refractivity contribution < 1.29 is 23.7 Å². The van der Waals surface area contributed by atoms with E-state index in [9.17, 15) is 4.79 Å². The summed E-state index contributed by atoms with van der Waals surface area (Å²) >= 11 is 0. The van der Waals surface area contributed by atoms with E-state index in [0.717, 1.165) is 36.5 Å². The topological polar surface area (TPSA) is 57.2 Å². The van der Waals surface area contributed by atoms with Crippen molar-refractivity contribution in [3.05, 3.63) is 23.8 Å². The van der Waals surface area contributed by atoms with Gasteiger partial charge in [0.15, 0.2) is 11.5 Å². The first kappa shape index (κ1) is 18.0. The van der Waals surface area contributed by atoms with E-state index in [1.54, 1.807) is 18.9 Å². The Kier molecular flexibility index (Phi) is 6.15. The lowest BCUT2D eigenvalue weighted by atomic mass is 10.1. The maximum absolute atomic E-state index is 12.5. The maximum atomic E-state index is 12.5. The molecule has 1 aromatic rings. The highest BCUT2D eigenvalue weighted by atomic mass is 16.6. The number of nitrogens with zero attached hydrogens (tertiary/aromatic N) is 1. The number of hydrogen-bond acceptors (Lipinski definition) is 5. The number of hydrogen-bond donors (Lipinski definition) is 0. The molecule has 1 saturated heterocycles. The predicted molar refractivity (Wildman–Crippen MR) is 92.9 cm³/mol. The van der Waals surface area contributed by atoms with Crippen LogP contribution >= 0.6 is 0 Å². The molecule has 0 aliphatic carbocycles. The molecule has 25 heavy (non-hydrogen) atoms. The van der Waals surface area contributed by atoms with Gasteiger partial charge in [-0.1, -0.05) is 6.07 Å². The summed E-state index contributed by atoms with van der Waals surface area (Å²) in [5.74, 6) is 1.46. The van der Waals surface area contributed by atoms with Gasteiger partial charge in [-0.2, -0.15) is 0 Å². The van der Waals surface area contributed by atoms with E-state index in [0.29, 0.717) is 26.4 Å². The summed E-state index contributed by atoms with van der Waals surface area (Å²) in [7, 11) is 1.79. The Bertz CT molecular complexity index is 585.